The molecule has 3 nitrogen and oxygen atoms in total. The molecular formula is C24H21O3PS. The number of hydrogen-bond donors (Lipinski definition) is 0. The van der Waals surface area contributed by atoms with Gasteiger partial charge in [-0.15, -0.1) is 11.4 Å². The summed E-state index contributed by atoms with van der Waals surface area (Å²) in [6, 6.07) is 43.8. The Labute approximate surface area is 176 Å². The van der Waals surface area contributed by atoms with Crippen molar-refractivity contribution in [3.05, 3.63) is 121 Å². The van der Waals surface area contributed by atoms with Crippen LogP contribution in [0.25, 0.3) is 0 Å². The second-order valence-electron chi connectivity index (χ2n) is 6.22. The van der Waals surface area contributed by atoms with Crippen LogP contribution in [-0.2, 0) is 11.4 Å². The maximum atomic E-state index is 8.44. The molecule has 0 N–H and O–H groups in total. The molecule has 29 heavy (non-hydrogen) atoms. The van der Waals surface area contributed by atoms with Crippen LogP contribution in [0, 0.1) is 0 Å². The van der Waals surface area contributed by atoms with Crippen LogP contribution in [0.15, 0.2) is 121 Å². The Hall–Kier alpha value is -2.62. The van der Waals surface area contributed by atoms with Gasteiger partial charge < -0.3 is 9.11 Å². The van der Waals surface area contributed by atoms with E-state index in [1.807, 2.05) is 0 Å². The minimum absolute atomic E-state index is 0. The van der Waals surface area contributed by atoms with E-state index in [1.54, 1.807) is 0 Å². The maximum Gasteiger partial charge on any atom is 1.00 e. The summed E-state index contributed by atoms with van der Waals surface area (Å²) in [5, 5.41) is 5.55. The summed E-state index contributed by atoms with van der Waals surface area (Å²) >= 11 is -3.11. The van der Waals surface area contributed by atoms with Gasteiger partial charge in [0.15, 0.2) is 0 Å². The molecule has 0 aliphatic heterocycles. The number of rotatable bonds is 4. The minimum Gasteiger partial charge on any atom is -0.784 e. The zero-order valence-corrected chi connectivity index (χ0v) is 17.3. The maximum absolute atomic E-state index is 8.44. The highest BCUT2D eigenvalue weighted by atomic mass is 32.2. The SMILES string of the molecule is O=S([O-])[O-].[H+].c1ccc([P+](c2ccccc2)(c2ccccc2)c2ccccc2)cc1. The fourth-order valence-corrected chi connectivity index (χ4v) is 7.77. The molecule has 5 heteroatoms. The van der Waals surface area contributed by atoms with Crippen molar-refractivity contribution in [1.29, 1.82) is 0 Å². The summed E-state index contributed by atoms with van der Waals surface area (Å²) in [4.78, 5) is 0. The van der Waals surface area contributed by atoms with Crippen LogP contribution >= 0.6 is 7.26 Å². The predicted octanol–water partition coefficient (Wildman–Crippen LogP) is 3.41. The molecule has 0 aliphatic carbocycles. The fourth-order valence-electron chi connectivity index (χ4n) is 3.50. The molecule has 0 aliphatic rings. The molecule has 0 amide bonds. The summed E-state index contributed by atoms with van der Waals surface area (Å²) in [6.07, 6.45) is 0. The lowest BCUT2D eigenvalue weighted by Gasteiger charge is -2.27. The van der Waals surface area contributed by atoms with Gasteiger partial charge in [-0.25, -0.2) is 0 Å². The van der Waals surface area contributed by atoms with Crippen LogP contribution in [0.4, 0.5) is 0 Å². The molecular weight excluding hydrogens is 399 g/mol. The second kappa shape index (κ2) is 10.2. The normalized spacial score (nSPS) is 10.9. The predicted molar refractivity (Wildman–Crippen MR) is 122 cm³/mol. The molecule has 146 valence electrons. The summed E-state index contributed by atoms with van der Waals surface area (Å²) < 4.78 is 25.3. The third-order valence-corrected chi connectivity index (χ3v) is 8.86. The van der Waals surface area contributed by atoms with Crippen molar-refractivity contribution in [3.8, 4) is 0 Å². The minimum atomic E-state index is -3.11. The van der Waals surface area contributed by atoms with Crippen molar-refractivity contribution < 1.29 is 14.7 Å². The Morgan fingerprint density at radius 2 is 0.655 bits per heavy atom. The largest absolute Gasteiger partial charge is 1.00 e. The van der Waals surface area contributed by atoms with Crippen LogP contribution in [0.5, 0.6) is 0 Å². The molecule has 4 aromatic carbocycles. The van der Waals surface area contributed by atoms with E-state index < -0.39 is 18.6 Å². The molecule has 0 radical (unpaired) electrons. The molecule has 0 fully saturated rings. The second-order valence-corrected chi connectivity index (χ2v) is 10.0. The lowest BCUT2D eigenvalue weighted by Crippen LogP contribution is -2.38. The molecule has 0 saturated heterocycles. The van der Waals surface area contributed by atoms with Crippen LogP contribution in [-0.4, -0.2) is 13.3 Å². The van der Waals surface area contributed by atoms with Gasteiger partial charge in [-0.1, -0.05) is 72.8 Å². The standard InChI is InChI=1S/C24H20P.H2O3S/c1-5-13-21(14-6-1)25(22-15-7-2-8-16-22,23-17-9-3-10-18-23)24-19-11-4-12-20-24;1-4(2)3/h1-20H;(H2,1,2,3)/q+1;/p-1. The highest BCUT2D eigenvalue weighted by Gasteiger charge is 2.47. The van der Waals surface area contributed by atoms with Gasteiger partial charge in [0.05, 0.1) is 0 Å². The van der Waals surface area contributed by atoms with E-state index in [1.165, 1.54) is 21.2 Å². The van der Waals surface area contributed by atoms with Crippen molar-refractivity contribution in [2.45, 2.75) is 0 Å². The van der Waals surface area contributed by atoms with Crippen molar-refractivity contribution in [1.82, 2.24) is 0 Å². The zero-order valence-electron chi connectivity index (χ0n) is 16.6. The van der Waals surface area contributed by atoms with Crippen LogP contribution in [0.1, 0.15) is 1.43 Å². The molecule has 0 spiro atoms. The molecule has 4 rings (SSSR count). The van der Waals surface area contributed by atoms with Crippen molar-refractivity contribution in [2.24, 2.45) is 0 Å². The average molecular weight is 420 g/mol. The van der Waals surface area contributed by atoms with Crippen molar-refractivity contribution in [2.75, 3.05) is 0 Å². The smallest absolute Gasteiger partial charge is 0.784 e. The van der Waals surface area contributed by atoms with Gasteiger partial charge in [0.1, 0.15) is 28.5 Å². The Morgan fingerprint density at radius 1 is 0.483 bits per heavy atom. The van der Waals surface area contributed by atoms with E-state index in [0.29, 0.717) is 0 Å². The first-order valence-corrected chi connectivity index (χ1v) is 11.8. The number of benzene rings is 4. The highest BCUT2D eigenvalue weighted by Crippen LogP contribution is 2.53. The van der Waals surface area contributed by atoms with E-state index in [2.05, 4.69) is 121 Å². The van der Waals surface area contributed by atoms with Crippen LogP contribution < -0.4 is 21.2 Å². The van der Waals surface area contributed by atoms with E-state index in [-0.39, 0.29) is 1.43 Å². The summed E-state index contributed by atoms with van der Waals surface area (Å²) in [6.45, 7) is 0. The first kappa shape index (κ1) is 21.1. The van der Waals surface area contributed by atoms with Gasteiger partial charge in [-0.05, 0) is 48.5 Å². The molecule has 0 bridgehead atoms. The Balaban J connectivity index is 0.000000591. The lowest BCUT2D eigenvalue weighted by molar-refractivity contribution is 0.419. The topological polar surface area (TPSA) is 63.2 Å². The Morgan fingerprint density at radius 3 is 0.828 bits per heavy atom. The summed E-state index contributed by atoms with van der Waals surface area (Å²) in [7, 11) is -1.91. The highest BCUT2D eigenvalue weighted by molar-refractivity contribution is 8.01. The molecule has 4 aromatic rings. The van der Waals surface area contributed by atoms with Crippen molar-refractivity contribution >= 4 is 39.8 Å². The Bertz CT molecular complexity index is 866. The molecule has 0 atom stereocenters. The summed E-state index contributed by atoms with van der Waals surface area (Å²) in [5.74, 6) is 0. The first-order valence-electron chi connectivity index (χ1n) is 9.04. The third-order valence-electron chi connectivity index (χ3n) is 4.57. The van der Waals surface area contributed by atoms with E-state index in [9.17, 15) is 0 Å². The summed E-state index contributed by atoms with van der Waals surface area (Å²) in [5.41, 5.74) is 0. The van der Waals surface area contributed by atoms with Crippen molar-refractivity contribution in [3.63, 3.8) is 0 Å². The quantitative estimate of drug-likeness (QED) is 0.375. The monoisotopic (exact) mass is 420 g/mol. The lowest BCUT2D eigenvalue weighted by atomic mass is 10.3. The first-order chi connectivity index (χ1) is 14.2. The molecule has 0 unspecified atom stereocenters. The third kappa shape index (κ3) is 4.87. The van der Waals surface area contributed by atoms with Crippen LogP contribution in [0.3, 0.4) is 0 Å². The fraction of sp³-hybridized carbons (Fsp3) is 0. The zero-order chi connectivity index (χ0) is 20.5. The van der Waals surface area contributed by atoms with Gasteiger partial charge >= 0.3 is 1.43 Å². The van der Waals surface area contributed by atoms with E-state index in [4.69, 9.17) is 13.3 Å². The Kier molecular flexibility index (Phi) is 7.45. The van der Waals surface area contributed by atoms with Gasteiger partial charge in [0.2, 0.25) is 0 Å². The number of hydrogen-bond acceptors (Lipinski definition) is 3. The average Bonchev–Trinajstić information content (AvgIpc) is 2.77. The molecule has 0 heterocycles. The van der Waals surface area contributed by atoms with Gasteiger partial charge in [-0.3, -0.25) is 4.21 Å². The van der Waals surface area contributed by atoms with E-state index >= 15 is 0 Å². The molecule has 0 saturated carbocycles. The van der Waals surface area contributed by atoms with Gasteiger partial charge in [0, 0.05) is 0 Å². The van der Waals surface area contributed by atoms with Crippen LogP contribution in [0.2, 0.25) is 0 Å². The van der Waals surface area contributed by atoms with E-state index in [0.717, 1.165) is 0 Å². The van der Waals surface area contributed by atoms with Gasteiger partial charge in [0.25, 0.3) is 0 Å². The van der Waals surface area contributed by atoms with Gasteiger partial charge in [-0.2, -0.15) is 0 Å². The molecule has 0 aromatic heterocycles.